The van der Waals surface area contributed by atoms with Gasteiger partial charge in [0, 0.05) is 24.5 Å². The topological polar surface area (TPSA) is 60.0 Å². The Bertz CT molecular complexity index is 790. The van der Waals surface area contributed by atoms with Crippen LogP contribution in [0.2, 0.25) is 0 Å². The highest BCUT2D eigenvalue weighted by molar-refractivity contribution is 9.10. The van der Waals surface area contributed by atoms with Gasteiger partial charge in [-0.15, -0.1) is 0 Å². The van der Waals surface area contributed by atoms with Crippen molar-refractivity contribution in [2.75, 3.05) is 44.6 Å². The fraction of sp³-hybridized carbons (Fsp3) is 0.350. The molecular formula is C20H25BrN2O4. The molecule has 1 amide bonds. The molecular weight excluding hydrogens is 412 g/mol. The molecule has 0 aliphatic rings. The monoisotopic (exact) mass is 436 g/mol. The number of nitrogens with one attached hydrogen (secondary N) is 1. The van der Waals surface area contributed by atoms with Gasteiger partial charge in [-0.3, -0.25) is 4.79 Å². The van der Waals surface area contributed by atoms with Gasteiger partial charge >= 0.3 is 0 Å². The Morgan fingerprint density at radius 2 is 1.59 bits per heavy atom. The molecule has 27 heavy (non-hydrogen) atoms. The third-order valence-electron chi connectivity index (χ3n) is 4.27. The van der Waals surface area contributed by atoms with E-state index in [-0.39, 0.29) is 5.91 Å². The van der Waals surface area contributed by atoms with Gasteiger partial charge < -0.3 is 24.4 Å². The fourth-order valence-corrected chi connectivity index (χ4v) is 3.47. The second-order valence-corrected chi connectivity index (χ2v) is 6.47. The SMILES string of the molecule is CCN(CC)c1ccc(NC(=O)c2cc(OC)c(OC)c(OC)c2Br)cc1. The molecule has 0 spiro atoms. The van der Waals surface area contributed by atoms with Crippen LogP contribution in [0.5, 0.6) is 17.2 Å². The number of methoxy groups -OCH3 is 3. The van der Waals surface area contributed by atoms with Crippen molar-refractivity contribution in [2.45, 2.75) is 13.8 Å². The molecule has 2 aromatic carbocycles. The number of hydrogen-bond acceptors (Lipinski definition) is 5. The van der Waals surface area contributed by atoms with Gasteiger partial charge in [0.1, 0.15) is 0 Å². The van der Waals surface area contributed by atoms with E-state index in [4.69, 9.17) is 14.2 Å². The van der Waals surface area contributed by atoms with Crippen LogP contribution in [0, 0.1) is 0 Å². The minimum absolute atomic E-state index is 0.281. The van der Waals surface area contributed by atoms with Gasteiger partial charge in [0.25, 0.3) is 5.91 Å². The molecule has 2 rings (SSSR count). The standard InChI is InChI=1S/C20H25BrN2O4/c1-6-23(7-2)14-10-8-13(9-11-14)22-20(24)15-12-16(25-3)18(26-4)19(27-5)17(15)21/h8-12H,6-7H2,1-5H3,(H,22,24). The minimum Gasteiger partial charge on any atom is -0.493 e. The summed E-state index contributed by atoms with van der Waals surface area (Å²) in [5, 5.41) is 2.90. The molecule has 0 aromatic heterocycles. The molecule has 146 valence electrons. The van der Waals surface area contributed by atoms with Crippen molar-refractivity contribution < 1.29 is 19.0 Å². The Morgan fingerprint density at radius 1 is 1.00 bits per heavy atom. The molecule has 0 aliphatic carbocycles. The maximum Gasteiger partial charge on any atom is 0.257 e. The summed E-state index contributed by atoms with van der Waals surface area (Å²) >= 11 is 3.43. The number of halogens is 1. The number of amides is 1. The van der Waals surface area contributed by atoms with E-state index < -0.39 is 0 Å². The number of ether oxygens (including phenoxy) is 3. The maximum atomic E-state index is 12.8. The lowest BCUT2D eigenvalue weighted by Crippen LogP contribution is -2.21. The van der Waals surface area contributed by atoms with E-state index >= 15 is 0 Å². The number of benzene rings is 2. The minimum atomic E-state index is -0.281. The zero-order valence-corrected chi connectivity index (χ0v) is 17.8. The highest BCUT2D eigenvalue weighted by Gasteiger charge is 2.23. The zero-order chi connectivity index (χ0) is 20.0. The van der Waals surface area contributed by atoms with Crippen LogP contribution >= 0.6 is 15.9 Å². The molecule has 0 fully saturated rings. The number of carbonyl (C=O) groups excluding carboxylic acids is 1. The largest absolute Gasteiger partial charge is 0.493 e. The predicted molar refractivity (Wildman–Crippen MR) is 112 cm³/mol. The van der Waals surface area contributed by atoms with Crippen molar-refractivity contribution in [3.05, 3.63) is 40.4 Å². The van der Waals surface area contributed by atoms with Crippen LogP contribution in [0.25, 0.3) is 0 Å². The Kier molecular flexibility index (Phi) is 7.36. The molecule has 0 saturated heterocycles. The zero-order valence-electron chi connectivity index (χ0n) is 16.3. The molecule has 2 aromatic rings. The second-order valence-electron chi connectivity index (χ2n) is 5.68. The number of hydrogen-bond donors (Lipinski definition) is 1. The normalized spacial score (nSPS) is 10.3. The maximum absolute atomic E-state index is 12.8. The summed E-state index contributed by atoms with van der Waals surface area (Å²) in [7, 11) is 4.54. The summed E-state index contributed by atoms with van der Waals surface area (Å²) in [4.78, 5) is 15.0. The van der Waals surface area contributed by atoms with E-state index in [9.17, 15) is 4.79 Å². The number of nitrogens with zero attached hydrogens (tertiary/aromatic N) is 1. The molecule has 0 heterocycles. The molecule has 0 saturated carbocycles. The Hall–Kier alpha value is -2.41. The van der Waals surface area contributed by atoms with Crippen LogP contribution in [0.1, 0.15) is 24.2 Å². The third-order valence-corrected chi connectivity index (χ3v) is 5.06. The number of rotatable bonds is 8. The summed E-state index contributed by atoms with van der Waals surface area (Å²) in [6, 6.07) is 9.37. The smallest absolute Gasteiger partial charge is 0.257 e. The molecule has 0 unspecified atom stereocenters. The van der Waals surface area contributed by atoms with Gasteiger partial charge in [-0.2, -0.15) is 0 Å². The first kappa shape index (κ1) is 20.9. The van der Waals surface area contributed by atoms with Crippen LogP contribution in [-0.2, 0) is 0 Å². The van der Waals surface area contributed by atoms with Gasteiger partial charge in [-0.05, 0) is 60.1 Å². The van der Waals surface area contributed by atoms with Gasteiger partial charge in [0.2, 0.25) is 5.75 Å². The van der Waals surface area contributed by atoms with Crippen LogP contribution in [0.3, 0.4) is 0 Å². The quantitative estimate of drug-likeness (QED) is 0.656. The van der Waals surface area contributed by atoms with E-state index in [2.05, 4.69) is 40.0 Å². The Morgan fingerprint density at radius 3 is 2.07 bits per heavy atom. The third kappa shape index (κ3) is 4.47. The molecule has 7 heteroatoms. The first-order chi connectivity index (χ1) is 13.0. The molecule has 0 radical (unpaired) electrons. The lowest BCUT2D eigenvalue weighted by molar-refractivity contribution is 0.102. The van der Waals surface area contributed by atoms with Gasteiger partial charge in [0.15, 0.2) is 11.5 Å². The summed E-state index contributed by atoms with van der Waals surface area (Å²) in [6.45, 7) is 6.09. The van der Waals surface area contributed by atoms with Crippen molar-refractivity contribution in [3.8, 4) is 17.2 Å². The average molecular weight is 437 g/mol. The Labute approximate surface area is 168 Å². The van der Waals surface area contributed by atoms with Gasteiger partial charge in [-0.1, -0.05) is 0 Å². The van der Waals surface area contributed by atoms with Crippen molar-refractivity contribution in [2.24, 2.45) is 0 Å². The highest BCUT2D eigenvalue weighted by atomic mass is 79.9. The molecule has 6 nitrogen and oxygen atoms in total. The fourth-order valence-electron chi connectivity index (χ4n) is 2.83. The van der Waals surface area contributed by atoms with Gasteiger partial charge in [-0.25, -0.2) is 0 Å². The van der Waals surface area contributed by atoms with Crippen LogP contribution in [0.4, 0.5) is 11.4 Å². The van der Waals surface area contributed by atoms with E-state index in [1.54, 1.807) is 6.07 Å². The summed E-state index contributed by atoms with van der Waals surface area (Å²) in [5.74, 6) is 0.960. The molecule has 0 aliphatic heterocycles. The van der Waals surface area contributed by atoms with Crippen LogP contribution < -0.4 is 24.4 Å². The van der Waals surface area contributed by atoms with E-state index in [1.165, 1.54) is 21.3 Å². The molecule has 0 bridgehead atoms. The lowest BCUT2D eigenvalue weighted by Gasteiger charge is -2.21. The summed E-state index contributed by atoms with van der Waals surface area (Å²) < 4.78 is 16.5. The van der Waals surface area contributed by atoms with Crippen molar-refractivity contribution in [1.29, 1.82) is 0 Å². The highest BCUT2D eigenvalue weighted by Crippen LogP contribution is 2.44. The first-order valence-electron chi connectivity index (χ1n) is 8.65. The Balaban J connectivity index is 2.30. The summed E-state index contributed by atoms with van der Waals surface area (Å²) in [5.41, 5.74) is 2.21. The summed E-state index contributed by atoms with van der Waals surface area (Å²) in [6.07, 6.45) is 0. The predicted octanol–water partition coefficient (Wildman–Crippen LogP) is 4.57. The van der Waals surface area contributed by atoms with E-state index in [1.807, 2.05) is 24.3 Å². The van der Waals surface area contributed by atoms with E-state index in [0.29, 0.717) is 33.0 Å². The second kappa shape index (κ2) is 9.50. The first-order valence-corrected chi connectivity index (χ1v) is 9.44. The van der Waals surface area contributed by atoms with Crippen LogP contribution in [-0.4, -0.2) is 40.3 Å². The molecule has 0 atom stereocenters. The molecule has 1 N–H and O–H groups in total. The lowest BCUT2D eigenvalue weighted by atomic mass is 10.1. The van der Waals surface area contributed by atoms with Crippen LogP contribution in [0.15, 0.2) is 34.8 Å². The van der Waals surface area contributed by atoms with E-state index in [0.717, 1.165) is 18.8 Å². The van der Waals surface area contributed by atoms with Gasteiger partial charge in [0.05, 0.1) is 31.4 Å². The number of anilines is 2. The van der Waals surface area contributed by atoms with Crippen molar-refractivity contribution >= 4 is 33.2 Å². The van der Waals surface area contributed by atoms with Crippen molar-refractivity contribution in [3.63, 3.8) is 0 Å². The van der Waals surface area contributed by atoms with Crippen molar-refractivity contribution in [1.82, 2.24) is 0 Å². The average Bonchev–Trinajstić information content (AvgIpc) is 2.69. The number of carbonyl (C=O) groups is 1.